The molecule has 0 aliphatic heterocycles. The molecule has 0 aliphatic carbocycles. The number of esters is 1. The van der Waals surface area contributed by atoms with Crippen LogP contribution in [0.2, 0.25) is 0 Å². The molecule has 2 heteroatoms. The highest BCUT2D eigenvalue weighted by Crippen LogP contribution is 2.16. The van der Waals surface area contributed by atoms with Crippen molar-refractivity contribution in [3.05, 3.63) is 76.9 Å². The molecular formula is C20H22O2. The summed E-state index contributed by atoms with van der Waals surface area (Å²) in [5.74, 6) is -0.302. The van der Waals surface area contributed by atoms with Gasteiger partial charge >= 0.3 is 5.97 Å². The van der Waals surface area contributed by atoms with Gasteiger partial charge in [-0.15, -0.1) is 0 Å². The summed E-state index contributed by atoms with van der Waals surface area (Å²) in [6.07, 6.45) is 5.22. The first kappa shape index (κ1) is 16.0. The van der Waals surface area contributed by atoms with Crippen LogP contribution in [0.1, 0.15) is 36.1 Å². The fourth-order valence-corrected chi connectivity index (χ4v) is 2.46. The van der Waals surface area contributed by atoms with E-state index in [1.165, 1.54) is 22.8 Å². The Morgan fingerprint density at radius 1 is 1.05 bits per heavy atom. The van der Waals surface area contributed by atoms with Crippen molar-refractivity contribution < 1.29 is 9.53 Å². The van der Waals surface area contributed by atoms with E-state index in [4.69, 9.17) is 4.74 Å². The number of carbonyl (C=O) groups excluding carboxylic acids is 1. The van der Waals surface area contributed by atoms with Crippen LogP contribution in [0, 0.1) is 0 Å². The normalized spacial score (nSPS) is 10.8. The summed E-state index contributed by atoms with van der Waals surface area (Å²) >= 11 is 0. The molecule has 0 unspecified atom stereocenters. The lowest BCUT2D eigenvalue weighted by atomic mass is 9.97. The van der Waals surface area contributed by atoms with Crippen molar-refractivity contribution >= 4 is 12.0 Å². The van der Waals surface area contributed by atoms with Gasteiger partial charge in [0.05, 0.1) is 6.61 Å². The van der Waals surface area contributed by atoms with Gasteiger partial charge < -0.3 is 4.74 Å². The second-order valence-corrected chi connectivity index (χ2v) is 5.13. The van der Waals surface area contributed by atoms with E-state index in [0.29, 0.717) is 6.61 Å². The highest BCUT2D eigenvalue weighted by Gasteiger charge is 2.02. The van der Waals surface area contributed by atoms with Crippen molar-refractivity contribution in [2.24, 2.45) is 0 Å². The predicted octanol–water partition coefficient (Wildman–Crippen LogP) is 4.42. The number of hydrogen-bond donors (Lipinski definition) is 0. The van der Waals surface area contributed by atoms with E-state index in [1.807, 2.05) is 12.1 Å². The van der Waals surface area contributed by atoms with E-state index in [2.05, 4.69) is 43.3 Å². The summed E-state index contributed by atoms with van der Waals surface area (Å²) in [5, 5.41) is 0. The van der Waals surface area contributed by atoms with Gasteiger partial charge in [-0.2, -0.15) is 0 Å². The zero-order valence-corrected chi connectivity index (χ0v) is 13.2. The molecule has 22 heavy (non-hydrogen) atoms. The third-order valence-electron chi connectivity index (χ3n) is 3.54. The lowest BCUT2D eigenvalue weighted by Gasteiger charge is -2.08. The Balaban J connectivity index is 2.13. The van der Waals surface area contributed by atoms with Crippen molar-refractivity contribution in [2.45, 2.75) is 26.7 Å². The first-order chi connectivity index (χ1) is 10.7. The minimum absolute atomic E-state index is 0.302. The molecule has 2 nitrogen and oxygen atoms in total. The molecule has 0 spiro atoms. The van der Waals surface area contributed by atoms with Crippen molar-refractivity contribution in [3.63, 3.8) is 0 Å². The topological polar surface area (TPSA) is 26.3 Å². The van der Waals surface area contributed by atoms with E-state index in [1.54, 1.807) is 13.0 Å². The Labute approximate surface area is 132 Å². The Kier molecular flexibility index (Phi) is 5.96. The molecule has 0 radical (unpaired) electrons. The number of benzene rings is 2. The zero-order chi connectivity index (χ0) is 15.8. The fourth-order valence-electron chi connectivity index (χ4n) is 2.46. The molecule has 2 aromatic rings. The average molecular weight is 294 g/mol. The SMILES string of the molecule is CCOC(=O)/C=C/c1cccc(Cc2ccccc2CC)c1. The first-order valence-electron chi connectivity index (χ1n) is 7.73. The lowest BCUT2D eigenvalue weighted by Crippen LogP contribution is -1.98. The maximum absolute atomic E-state index is 11.4. The Hall–Kier alpha value is -2.35. The molecule has 0 N–H and O–H groups in total. The van der Waals surface area contributed by atoms with Crippen LogP contribution < -0.4 is 0 Å². The summed E-state index contributed by atoms with van der Waals surface area (Å²) in [5.41, 5.74) is 5.00. The molecule has 114 valence electrons. The van der Waals surface area contributed by atoms with E-state index in [9.17, 15) is 4.79 Å². The van der Waals surface area contributed by atoms with Gasteiger partial charge in [-0.05, 0) is 48.1 Å². The number of ether oxygens (including phenoxy) is 1. The van der Waals surface area contributed by atoms with Gasteiger partial charge in [0.2, 0.25) is 0 Å². The highest BCUT2D eigenvalue weighted by atomic mass is 16.5. The van der Waals surface area contributed by atoms with Crippen molar-refractivity contribution in [3.8, 4) is 0 Å². The number of hydrogen-bond acceptors (Lipinski definition) is 2. The molecule has 0 atom stereocenters. The number of carbonyl (C=O) groups is 1. The number of aryl methyl sites for hydroxylation is 1. The average Bonchev–Trinajstić information content (AvgIpc) is 2.54. The Bertz CT molecular complexity index is 656. The van der Waals surface area contributed by atoms with Gasteiger partial charge in [0.1, 0.15) is 0 Å². The minimum Gasteiger partial charge on any atom is -0.463 e. The van der Waals surface area contributed by atoms with Gasteiger partial charge in [0.25, 0.3) is 0 Å². The van der Waals surface area contributed by atoms with Gasteiger partial charge in [-0.3, -0.25) is 0 Å². The van der Waals surface area contributed by atoms with E-state index in [0.717, 1.165) is 18.4 Å². The van der Waals surface area contributed by atoms with Crippen molar-refractivity contribution in [1.82, 2.24) is 0 Å². The molecule has 0 saturated heterocycles. The van der Waals surface area contributed by atoms with Crippen molar-refractivity contribution in [2.75, 3.05) is 6.61 Å². The fraction of sp³-hybridized carbons (Fsp3) is 0.250. The van der Waals surface area contributed by atoms with Crippen LogP contribution in [0.3, 0.4) is 0 Å². The van der Waals surface area contributed by atoms with Crippen LogP contribution in [0.5, 0.6) is 0 Å². The van der Waals surface area contributed by atoms with Gasteiger partial charge in [0, 0.05) is 6.08 Å². The van der Waals surface area contributed by atoms with Crippen LogP contribution in [-0.2, 0) is 22.4 Å². The quantitative estimate of drug-likeness (QED) is 0.582. The molecule has 0 amide bonds. The first-order valence-corrected chi connectivity index (χ1v) is 7.73. The van der Waals surface area contributed by atoms with Crippen LogP contribution in [0.25, 0.3) is 6.08 Å². The zero-order valence-electron chi connectivity index (χ0n) is 13.2. The molecule has 0 bridgehead atoms. The van der Waals surface area contributed by atoms with Crippen LogP contribution in [0.15, 0.2) is 54.6 Å². The van der Waals surface area contributed by atoms with E-state index >= 15 is 0 Å². The third kappa shape index (κ3) is 4.59. The second-order valence-electron chi connectivity index (χ2n) is 5.13. The second kappa shape index (κ2) is 8.18. The molecule has 2 rings (SSSR count). The Morgan fingerprint density at radius 2 is 1.82 bits per heavy atom. The third-order valence-corrected chi connectivity index (χ3v) is 3.54. The van der Waals surface area contributed by atoms with Crippen LogP contribution in [0.4, 0.5) is 0 Å². The molecule has 0 aliphatic rings. The monoisotopic (exact) mass is 294 g/mol. The number of rotatable bonds is 6. The van der Waals surface area contributed by atoms with Crippen molar-refractivity contribution in [1.29, 1.82) is 0 Å². The summed E-state index contributed by atoms with van der Waals surface area (Å²) in [4.78, 5) is 11.4. The lowest BCUT2D eigenvalue weighted by molar-refractivity contribution is -0.137. The largest absolute Gasteiger partial charge is 0.463 e. The summed E-state index contributed by atoms with van der Waals surface area (Å²) < 4.78 is 4.89. The standard InChI is InChI=1S/C20H22O2/c1-3-18-10-5-6-11-19(18)15-17-9-7-8-16(14-17)12-13-20(21)22-4-2/h5-14H,3-4,15H2,1-2H3/b13-12+. The molecule has 0 fully saturated rings. The molecule has 0 saturated carbocycles. The summed E-state index contributed by atoms with van der Waals surface area (Å²) in [6, 6.07) is 16.8. The van der Waals surface area contributed by atoms with Gasteiger partial charge in [-0.1, -0.05) is 55.5 Å². The summed E-state index contributed by atoms with van der Waals surface area (Å²) in [7, 11) is 0. The maximum atomic E-state index is 11.4. The minimum atomic E-state index is -0.302. The molecule has 0 heterocycles. The van der Waals surface area contributed by atoms with E-state index in [-0.39, 0.29) is 5.97 Å². The molecular weight excluding hydrogens is 272 g/mol. The van der Waals surface area contributed by atoms with E-state index < -0.39 is 0 Å². The van der Waals surface area contributed by atoms with Crippen LogP contribution in [-0.4, -0.2) is 12.6 Å². The molecule has 2 aromatic carbocycles. The predicted molar refractivity (Wildman–Crippen MR) is 90.7 cm³/mol. The molecule has 0 aromatic heterocycles. The van der Waals surface area contributed by atoms with Gasteiger partial charge in [0.15, 0.2) is 0 Å². The van der Waals surface area contributed by atoms with Crippen LogP contribution >= 0.6 is 0 Å². The maximum Gasteiger partial charge on any atom is 0.330 e. The highest BCUT2D eigenvalue weighted by molar-refractivity contribution is 5.87. The summed E-state index contributed by atoms with van der Waals surface area (Å²) in [6.45, 7) is 4.38. The smallest absolute Gasteiger partial charge is 0.330 e. The van der Waals surface area contributed by atoms with Gasteiger partial charge in [-0.25, -0.2) is 4.79 Å². The Morgan fingerprint density at radius 3 is 2.55 bits per heavy atom.